The summed E-state index contributed by atoms with van der Waals surface area (Å²) in [7, 11) is 2.02. The Morgan fingerprint density at radius 1 is 1.21 bits per heavy atom. The summed E-state index contributed by atoms with van der Waals surface area (Å²) in [4.78, 5) is 18.5. The molecule has 0 saturated carbocycles. The van der Waals surface area contributed by atoms with Gasteiger partial charge in [-0.25, -0.2) is 4.39 Å². The van der Waals surface area contributed by atoms with E-state index in [1.54, 1.807) is 12.1 Å². The molecule has 0 aliphatic carbocycles. The summed E-state index contributed by atoms with van der Waals surface area (Å²) in [6, 6.07) is 5.97. The molecule has 0 radical (unpaired) electrons. The van der Waals surface area contributed by atoms with Crippen molar-refractivity contribution < 1.29 is 9.18 Å². The molecule has 0 aliphatic heterocycles. The Hall–Kier alpha value is -2.11. The smallest absolute Gasteiger partial charge is 0.224 e. The number of benzene rings is 1. The van der Waals surface area contributed by atoms with Crippen LogP contribution in [-0.2, 0) is 11.2 Å². The van der Waals surface area contributed by atoms with Crippen molar-refractivity contribution >= 4 is 11.9 Å². The molecule has 0 bridgehead atoms. The van der Waals surface area contributed by atoms with Crippen molar-refractivity contribution in [1.29, 1.82) is 0 Å². The third kappa shape index (κ3) is 7.94. The Morgan fingerprint density at radius 2 is 1.92 bits per heavy atom. The van der Waals surface area contributed by atoms with Gasteiger partial charge in [0, 0.05) is 26.7 Å². The predicted molar refractivity (Wildman–Crippen MR) is 96.6 cm³/mol. The number of hydrogen-bond acceptors (Lipinski definition) is 2. The van der Waals surface area contributed by atoms with E-state index >= 15 is 0 Å². The van der Waals surface area contributed by atoms with Crippen molar-refractivity contribution in [3.8, 4) is 0 Å². The summed E-state index contributed by atoms with van der Waals surface area (Å²) >= 11 is 0. The van der Waals surface area contributed by atoms with E-state index in [-0.39, 0.29) is 18.1 Å². The molecular weight excluding hydrogens is 307 g/mol. The Labute approximate surface area is 144 Å². The van der Waals surface area contributed by atoms with Gasteiger partial charge in [0.1, 0.15) is 5.82 Å². The number of halogens is 1. The fourth-order valence-electron chi connectivity index (χ4n) is 2.18. The van der Waals surface area contributed by atoms with E-state index < -0.39 is 0 Å². The topological polar surface area (TPSA) is 56.7 Å². The van der Waals surface area contributed by atoms with Crippen LogP contribution < -0.4 is 10.6 Å². The molecule has 0 atom stereocenters. The van der Waals surface area contributed by atoms with E-state index in [0.717, 1.165) is 37.5 Å². The Balaban J connectivity index is 2.37. The fourth-order valence-corrected chi connectivity index (χ4v) is 2.18. The lowest BCUT2D eigenvalue weighted by atomic mass is 10.1. The van der Waals surface area contributed by atoms with Crippen LogP contribution in [0.1, 0.15) is 32.3 Å². The lowest BCUT2D eigenvalue weighted by Gasteiger charge is -2.21. The van der Waals surface area contributed by atoms with Crippen molar-refractivity contribution in [3.05, 3.63) is 35.6 Å². The van der Waals surface area contributed by atoms with Gasteiger partial charge in [0.2, 0.25) is 5.91 Å². The van der Waals surface area contributed by atoms with Gasteiger partial charge in [-0.05, 0) is 31.0 Å². The normalized spacial score (nSPS) is 11.2. The van der Waals surface area contributed by atoms with E-state index in [0.29, 0.717) is 13.1 Å². The minimum absolute atomic E-state index is 0.0823. The van der Waals surface area contributed by atoms with Crippen LogP contribution >= 0.6 is 0 Å². The second kappa shape index (κ2) is 11.4. The summed E-state index contributed by atoms with van der Waals surface area (Å²) in [5.41, 5.74) is 0.796. The average Bonchev–Trinajstić information content (AvgIpc) is 2.57. The van der Waals surface area contributed by atoms with E-state index in [2.05, 4.69) is 27.4 Å². The molecule has 134 valence electrons. The van der Waals surface area contributed by atoms with Crippen LogP contribution in [0.5, 0.6) is 0 Å². The molecule has 1 aromatic rings. The molecule has 1 aromatic carbocycles. The van der Waals surface area contributed by atoms with E-state index in [9.17, 15) is 9.18 Å². The maximum atomic E-state index is 12.8. The Morgan fingerprint density at radius 3 is 2.54 bits per heavy atom. The van der Waals surface area contributed by atoms with Gasteiger partial charge in [-0.2, -0.15) is 0 Å². The summed E-state index contributed by atoms with van der Waals surface area (Å²) in [6.45, 7) is 6.97. The average molecular weight is 336 g/mol. The summed E-state index contributed by atoms with van der Waals surface area (Å²) in [5.74, 6) is 0.483. The zero-order valence-electron chi connectivity index (χ0n) is 14.9. The first kappa shape index (κ1) is 19.9. The summed E-state index contributed by atoms with van der Waals surface area (Å²) < 4.78 is 12.8. The number of aliphatic imine (C=N–C) groups is 1. The van der Waals surface area contributed by atoms with Crippen molar-refractivity contribution in [3.63, 3.8) is 0 Å². The molecule has 0 unspecified atom stereocenters. The molecule has 6 heteroatoms. The Kier molecular flexibility index (Phi) is 9.49. The lowest BCUT2D eigenvalue weighted by Crippen LogP contribution is -2.40. The first-order valence-electron chi connectivity index (χ1n) is 8.57. The van der Waals surface area contributed by atoms with E-state index in [4.69, 9.17) is 0 Å². The highest BCUT2D eigenvalue weighted by atomic mass is 19.1. The van der Waals surface area contributed by atoms with Crippen LogP contribution in [-0.4, -0.2) is 50.0 Å². The molecule has 2 N–H and O–H groups in total. The van der Waals surface area contributed by atoms with Crippen molar-refractivity contribution in [2.45, 2.75) is 33.1 Å². The maximum Gasteiger partial charge on any atom is 0.224 e. The molecule has 0 heterocycles. The van der Waals surface area contributed by atoms with Crippen LogP contribution in [0.4, 0.5) is 4.39 Å². The zero-order valence-corrected chi connectivity index (χ0v) is 14.9. The molecule has 0 fully saturated rings. The van der Waals surface area contributed by atoms with Crippen LogP contribution in [0.25, 0.3) is 0 Å². The molecule has 0 aliphatic rings. The molecule has 5 nitrogen and oxygen atoms in total. The van der Waals surface area contributed by atoms with Gasteiger partial charge in [0.15, 0.2) is 5.96 Å². The van der Waals surface area contributed by atoms with Crippen LogP contribution in [0, 0.1) is 5.82 Å². The molecule has 1 amide bonds. The lowest BCUT2D eigenvalue weighted by molar-refractivity contribution is -0.120. The van der Waals surface area contributed by atoms with Gasteiger partial charge in [0.25, 0.3) is 0 Å². The number of guanidine groups is 1. The molecular formula is C18H29FN4O. The fraction of sp³-hybridized carbons (Fsp3) is 0.556. The molecule has 0 aromatic heterocycles. The van der Waals surface area contributed by atoms with Gasteiger partial charge >= 0.3 is 0 Å². The van der Waals surface area contributed by atoms with Crippen molar-refractivity contribution in [1.82, 2.24) is 15.5 Å². The maximum absolute atomic E-state index is 12.8. The molecule has 1 rings (SSSR count). The number of unbranched alkanes of at least 4 members (excludes halogenated alkanes) is 1. The monoisotopic (exact) mass is 336 g/mol. The highest BCUT2D eigenvalue weighted by Gasteiger charge is 2.05. The number of hydrogen-bond donors (Lipinski definition) is 2. The number of amides is 1. The summed E-state index contributed by atoms with van der Waals surface area (Å²) in [5, 5.41) is 6.09. The first-order chi connectivity index (χ1) is 11.6. The van der Waals surface area contributed by atoms with Gasteiger partial charge < -0.3 is 15.5 Å². The van der Waals surface area contributed by atoms with Crippen LogP contribution in [0.15, 0.2) is 29.3 Å². The van der Waals surface area contributed by atoms with Crippen molar-refractivity contribution in [2.75, 3.05) is 33.2 Å². The molecule has 0 spiro atoms. The van der Waals surface area contributed by atoms with Gasteiger partial charge in [0.05, 0.1) is 13.0 Å². The molecule has 24 heavy (non-hydrogen) atoms. The third-order valence-electron chi connectivity index (χ3n) is 3.52. The predicted octanol–water partition coefficient (Wildman–Crippen LogP) is 2.18. The quantitative estimate of drug-likeness (QED) is 0.413. The Bertz CT molecular complexity index is 516. The number of carbonyl (C=O) groups excluding carboxylic acids is 1. The van der Waals surface area contributed by atoms with Crippen LogP contribution in [0.2, 0.25) is 0 Å². The summed E-state index contributed by atoms with van der Waals surface area (Å²) in [6.07, 6.45) is 2.51. The second-order valence-corrected chi connectivity index (χ2v) is 5.66. The van der Waals surface area contributed by atoms with Gasteiger partial charge in [-0.3, -0.25) is 9.79 Å². The number of carbonyl (C=O) groups is 1. The minimum Gasteiger partial charge on any atom is -0.357 e. The largest absolute Gasteiger partial charge is 0.357 e. The second-order valence-electron chi connectivity index (χ2n) is 5.66. The van der Waals surface area contributed by atoms with Crippen LogP contribution in [0.3, 0.4) is 0 Å². The molecule has 0 saturated heterocycles. The first-order valence-corrected chi connectivity index (χ1v) is 8.57. The minimum atomic E-state index is -0.295. The number of nitrogens with one attached hydrogen (secondary N) is 2. The van der Waals surface area contributed by atoms with E-state index in [1.807, 2.05) is 14.0 Å². The van der Waals surface area contributed by atoms with Crippen molar-refractivity contribution in [2.24, 2.45) is 4.99 Å². The van der Waals surface area contributed by atoms with E-state index in [1.165, 1.54) is 12.1 Å². The number of rotatable bonds is 9. The zero-order chi connectivity index (χ0) is 17.8. The van der Waals surface area contributed by atoms with Gasteiger partial charge in [-0.1, -0.05) is 25.5 Å². The standard InChI is InChI=1S/C18H29FN4O/c1-4-6-13-23(3)18(20-5-2)22-12-11-21-17(24)14-15-7-9-16(19)10-8-15/h7-10H,4-6,11-14H2,1-3H3,(H,20,22)(H,21,24). The highest BCUT2D eigenvalue weighted by Crippen LogP contribution is 2.03. The SMILES string of the molecule is CCCCN(C)C(=NCCNC(=O)Cc1ccc(F)cc1)NCC. The van der Waals surface area contributed by atoms with Gasteiger partial charge in [-0.15, -0.1) is 0 Å². The third-order valence-corrected chi connectivity index (χ3v) is 3.52. The number of nitrogens with zero attached hydrogens (tertiary/aromatic N) is 2. The highest BCUT2D eigenvalue weighted by molar-refractivity contribution is 5.80.